The maximum atomic E-state index is 5.98. The van der Waals surface area contributed by atoms with E-state index < -0.39 is 0 Å². The quantitative estimate of drug-likeness (QED) is 0.884. The van der Waals surface area contributed by atoms with Crippen molar-refractivity contribution in [1.29, 1.82) is 0 Å². The topological polar surface area (TPSA) is 38.5 Å². The molecule has 0 spiro atoms. The molecule has 1 aliphatic heterocycles. The lowest BCUT2D eigenvalue weighted by Gasteiger charge is -2.28. The molecule has 1 saturated heterocycles. The number of nitrogens with zero attached hydrogens (tertiary/aromatic N) is 1. The monoisotopic (exact) mass is 260 g/mol. The van der Waals surface area contributed by atoms with Crippen LogP contribution in [0.5, 0.6) is 5.75 Å². The number of hydrogen-bond donors (Lipinski definition) is 1. The summed E-state index contributed by atoms with van der Waals surface area (Å²) in [5.74, 6) is 1.58. The second-order valence-electron chi connectivity index (χ2n) is 5.70. The molecule has 2 N–H and O–H groups in total. The summed E-state index contributed by atoms with van der Waals surface area (Å²) in [6.07, 6.45) is 3.95. The summed E-state index contributed by atoms with van der Waals surface area (Å²) in [5, 5.41) is 0. The summed E-state index contributed by atoms with van der Waals surface area (Å²) in [6, 6.07) is 9.89. The SMILES string of the molecule is CCOc1cccc(C2C(CN)CCN2C2CC2)c1. The highest BCUT2D eigenvalue weighted by Gasteiger charge is 2.42. The van der Waals surface area contributed by atoms with Crippen molar-refractivity contribution >= 4 is 0 Å². The van der Waals surface area contributed by atoms with Crippen LogP contribution >= 0.6 is 0 Å². The van der Waals surface area contributed by atoms with Crippen LogP contribution < -0.4 is 10.5 Å². The van der Waals surface area contributed by atoms with Gasteiger partial charge in [-0.15, -0.1) is 0 Å². The van der Waals surface area contributed by atoms with Crippen molar-refractivity contribution in [2.45, 2.75) is 38.3 Å². The summed E-state index contributed by atoms with van der Waals surface area (Å²) < 4.78 is 5.64. The Kier molecular flexibility index (Phi) is 3.76. The first-order chi connectivity index (χ1) is 9.33. The molecule has 1 heterocycles. The van der Waals surface area contributed by atoms with Crippen LogP contribution in [-0.2, 0) is 0 Å². The van der Waals surface area contributed by atoms with Gasteiger partial charge < -0.3 is 10.5 Å². The first kappa shape index (κ1) is 12.9. The van der Waals surface area contributed by atoms with E-state index in [1.165, 1.54) is 31.4 Å². The lowest BCUT2D eigenvalue weighted by molar-refractivity contribution is 0.219. The van der Waals surface area contributed by atoms with E-state index in [0.717, 1.165) is 24.9 Å². The van der Waals surface area contributed by atoms with Gasteiger partial charge in [0.25, 0.3) is 0 Å². The fourth-order valence-corrected chi connectivity index (χ4v) is 3.36. The highest BCUT2D eigenvalue weighted by Crippen LogP contribution is 2.44. The first-order valence-electron chi connectivity index (χ1n) is 7.52. The molecule has 2 fully saturated rings. The van der Waals surface area contributed by atoms with Gasteiger partial charge >= 0.3 is 0 Å². The molecule has 104 valence electrons. The summed E-state index contributed by atoms with van der Waals surface area (Å²) in [7, 11) is 0. The van der Waals surface area contributed by atoms with E-state index in [4.69, 9.17) is 10.5 Å². The number of hydrogen-bond acceptors (Lipinski definition) is 3. The number of rotatable bonds is 5. The zero-order valence-corrected chi connectivity index (χ0v) is 11.7. The van der Waals surface area contributed by atoms with Crippen LogP contribution in [0.2, 0.25) is 0 Å². The zero-order chi connectivity index (χ0) is 13.2. The van der Waals surface area contributed by atoms with Crippen molar-refractivity contribution in [1.82, 2.24) is 4.90 Å². The third-order valence-electron chi connectivity index (χ3n) is 4.39. The molecule has 3 heteroatoms. The molecule has 0 aromatic heterocycles. The highest BCUT2D eigenvalue weighted by molar-refractivity contribution is 5.32. The molecule has 0 bridgehead atoms. The van der Waals surface area contributed by atoms with Crippen molar-refractivity contribution in [3.63, 3.8) is 0 Å². The second-order valence-corrected chi connectivity index (χ2v) is 5.70. The van der Waals surface area contributed by atoms with E-state index in [1.54, 1.807) is 0 Å². The van der Waals surface area contributed by atoms with Crippen molar-refractivity contribution in [3.05, 3.63) is 29.8 Å². The molecule has 19 heavy (non-hydrogen) atoms. The average molecular weight is 260 g/mol. The molecule has 1 saturated carbocycles. The fourth-order valence-electron chi connectivity index (χ4n) is 3.36. The van der Waals surface area contributed by atoms with E-state index >= 15 is 0 Å². The van der Waals surface area contributed by atoms with E-state index in [-0.39, 0.29) is 0 Å². The average Bonchev–Trinajstić information content (AvgIpc) is 3.18. The van der Waals surface area contributed by atoms with Crippen LogP contribution in [0.1, 0.15) is 37.8 Å². The molecule has 0 amide bonds. The number of ether oxygens (including phenoxy) is 1. The van der Waals surface area contributed by atoms with Gasteiger partial charge in [0.15, 0.2) is 0 Å². The molecule has 0 radical (unpaired) electrons. The van der Waals surface area contributed by atoms with Crippen LogP contribution in [0, 0.1) is 5.92 Å². The van der Waals surface area contributed by atoms with Gasteiger partial charge in [0.05, 0.1) is 6.61 Å². The molecule has 2 aliphatic rings. The van der Waals surface area contributed by atoms with Crippen molar-refractivity contribution in [3.8, 4) is 5.75 Å². The first-order valence-corrected chi connectivity index (χ1v) is 7.52. The van der Waals surface area contributed by atoms with Gasteiger partial charge in [-0.25, -0.2) is 0 Å². The lowest BCUT2D eigenvalue weighted by Crippen LogP contribution is -2.29. The summed E-state index contributed by atoms with van der Waals surface area (Å²) in [6.45, 7) is 4.74. The number of nitrogens with two attached hydrogens (primary N) is 1. The molecule has 3 nitrogen and oxygen atoms in total. The Morgan fingerprint density at radius 3 is 2.84 bits per heavy atom. The molecule has 1 aliphatic carbocycles. The number of benzene rings is 1. The lowest BCUT2D eigenvalue weighted by atomic mass is 9.93. The van der Waals surface area contributed by atoms with Gasteiger partial charge in [0.2, 0.25) is 0 Å². The van der Waals surface area contributed by atoms with Crippen molar-refractivity contribution in [2.24, 2.45) is 11.7 Å². The molecule has 2 unspecified atom stereocenters. The Morgan fingerprint density at radius 1 is 1.32 bits per heavy atom. The maximum Gasteiger partial charge on any atom is 0.119 e. The highest BCUT2D eigenvalue weighted by atomic mass is 16.5. The van der Waals surface area contributed by atoms with Crippen LogP contribution in [0.25, 0.3) is 0 Å². The Hall–Kier alpha value is -1.06. The molecule has 2 atom stereocenters. The molecule has 1 aromatic carbocycles. The standard InChI is InChI=1S/C16H24N2O/c1-2-19-15-5-3-4-12(10-15)16-13(11-17)8-9-18(16)14-6-7-14/h3-5,10,13-14,16H,2,6-9,11,17H2,1H3. The molecular formula is C16H24N2O. The predicted octanol–water partition coefficient (Wildman–Crippen LogP) is 2.57. The zero-order valence-electron chi connectivity index (χ0n) is 11.7. The van der Waals surface area contributed by atoms with Crippen LogP contribution in [-0.4, -0.2) is 30.6 Å². The van der Waals surface area contributed by atoms with Gasteiger partial charge in [-0.05, 0) is 62.9 Å². The minimum absolute atomic E-state index is 0.498. The van der Waals surface area contributed by atoms with E-state index in [1.807, 2.05) is 13.0 Å². The second kappa shape index (κ2) is 5.51. The van der Waals surface area contributed by atoms with E-state index in [2.05, 4.69) is 23.1 Å². The van der Waals surface area contributed by atoms with E-state index in [9.17, 15) is 0 Å². The maximum absolute atomic E-state index is 5.98. The third kappa shape index (κ3) is 2.63. The molecular weight excluding hydrogens is 236 g/mol. The summed E-state index contributed by atoms with van der Waals surface area (Å²) >= 11 is 0. The largest absolute Gasteiger partial charge is 0.494 e. The normalized spacial score (nSPS) is 27.7. The smallest absolute Gasteiger partial charge is 0.119 e. The fraction of sp³-hybridized carbons (Fsp3) is 0.625. The van der Waals surface area contributed by atoms with Gasteiger partial charge in [0, 0.05) is 12.1 Å². The number of likely N-dealkylation sites (tertiary alicyclic amines) is 1. The van der Waals surface area contributed by atoms with Crippen LogP contribution in [0.15, 0.2) is 24.3 Å². The summed E-state index contributed by atoms with van der Waals surface area (Å²) in [4.78, 5) is 2.67. The van der Waals surface area contributed by atoms with Crippen LogP contribution in [0.4, 0.5) is 0 Å². The van der Waals surface area contributed by atoms with E-state index in [0.29, 0.717) is 12.0 Å². The Bertz CT molecular complexity index is 431. The Balaban J connectivity index is 1.85. The third-order valence-corrected chi connectivity index (χ3v) is 4.39. The van der Waals surface area contributed by atoms with Crippen LogP contribution in [0.3, 0.4) is 0 Å². The van der Waals surface area contributed by atoms with Gasteiger partial charge in [-0.1, -0.05) is 12.1 Å². The van der Waals surface area contributed by atoms with Gasteiger partial charge in [0.1, 0.15) is 5.75 Å². The Morgan fingerprint density at radius 2 is 2.16 bits per heavy atom. The van der Waals surface area contributed by atoms with Gasteiger partial charge in [-0.3, -0.25) is 4.90 Å². The minimum atomic E-state index is 0.498. The molecule has 3 rings (SSSR count). The van der Waals surface area contributed by atoms with Crippen molar-refractivity contribution in [2.75, 3.05) is 19.7 Å². The summed E-state index contributed by atoms with van der Waals surface area (Å²) in [5.41, 5.74) is 7.36. The predicted molar refractivity (Wildman–Crippen MR) is 77.2 cm³/mol. The van der Waals surface area contributed by atoms with Gasteiger partial charge in [-0.2, -0.15) is 0 Å². The minimum Gasteiger partial charge on any atom is -0.494 e. The molecule has 1 aromatic rings. The Labute approximate surface area is 115 Å². The van der Waals surface area contributed by atoms with Crippen molar-refractivity contribution < 1.29 is 4.74 Å².